The van der Waals surface area contributed by atoms with Gasteiger partial charge in [0.05, 0.1) is 25.9 Å². The van der Waals surface area contributed by atoms with Gasteiger partial charge in [-0.3, -0.25) is 4.79 Å². The molecule has 2 saturated heterocycles. The van der Waals surface area contributed by atoms with E-state index >= 15 is 0 Å². The number of amides is 1. The highest BCUT2D eigenvalue weighted by atomic mass is 16.7. The fraction of sp³-hybridized carbons (Fsp3) is 0.476. The molecule has 8 nitrogen and oxygen atoms in total. The number of nitrogens with zero attached hydrogens (tertiary/aromatic N) is 3. The van der Waals surface area contributed by atoms with E-state index < -0.39 is 5.79 Å². The van der Waals surface area contributed by atoms with Crippen LogP contribution in [-0.2, 0) is 15.9 Å². The summed E-state index contributed by atoms with van der Waals surface area (Å²) in [7, 11) is 1.66. The van der Waals surface area contributed by atoms with Crippen LogP contribution in [-0.4, -0.2) is 66.5 Å². The fourth-order valence-corrected chi connectivity index (χ4v) is 3.70. The van der Waals surface area contributed by atoms with Crippen molar-refractivity contribution in [1.82, 2.24) is 14.9 Å². The summed E-state index contributed by atoms with van der Waals surface area (Å²) in [4.78, 5) is 23.1. The largest absolute Gasteiger partial charge is 0.497 e. The normalized spacial score (nSPS) is 18.0. The maximum absolute atomic E-state index is 12.7. The number of carbonyl (C=O) groups is 1. The average molecular weight is 398 g/mol. The molecule has 8 heteroatoms. The predicted octanol–water partition coefficient (Wildman–Crippen LogP) is 2.12. The van der Waals surface area contributed by atoms with E-state index in [9.17, 15) is 4.79 Å². The maximum Gasteiger partial charge on any atom is 0.256 e. The molecule has 2 fully saturated rings. The summed E-state index contributed by atoms with van der Waals surface area (Å²) in [5.74, 6) is 0.816. The Morgan fingerprint density at radius 2 is 1.93 bits per heavy atom. The van der Waals surface area contributed by atoms with Crippen molar-refractivity contribution in [2.24, 2.45) is 0 Å². The van der Waals surface area contributed by atoms with Crippen molar-refractivity contribution in [2.75, 3.05) is 45.3 Å². The molecule has 1 aromatic heterocycles. The van der Waals surface area contributed by atoms with Crippen molar-refractivity contribution in [3.8, 4) is 5.75 Å². The van der Waals surface area contributed by atoms with Gasteiger partial charge in [-0.05, 0) is 24.1 Å². The third kappa shape index (κ3) is 4.65. The molecule has 0 unspecified atom stereocenters. The number of hydrogen-bond acceptors (Lipinski definition) is 7. The van der Waals surface area contributed by atoms with Gasteiger partial charge in [-0.1, -0.05) is 12.1 Å². The molecule has 1 spiro atoms. The first-order valence-corrected chi connectivity index (χ1v) is 9.93. The summed E-state index contributed by atoms with van der Waals surface area (Å²) < 4.78 is 16.7. The van der Waals surface area contributed by atoms with Crippen LogP contribution in [0.25, 0.3) is 0 Å². The standard InChI is InChI=1S/C21H26N4O4/c1-27-18-4-2-3-16(13-18)5-8-22-20-23-14-17(15-24-20)19(26)25-9-6-21(7-10-25)28-11-12-29-21/h2-4,13-15H,5-12H2,1H3,(H,22,23,24). The summed E-state index contributed by atoms with van der Waals surface area (Å²) in [6, 6.07) is 7.95. The van der Waals surface area contributed by atoms with Gasteiger partial charge in [0.15, 0.2) is 5.79 Å². The Labute approximate surface area is 170 Å². The zero-order valence-corrected chi connectivity index (χ0v) is 16.6. The predicted molar refractivity (Wildman–Crippen MR) is 107 cm³/mol. The second-order valence-electron chi connectivity index (χ2n) is 7.22. The summed E-state index contributed by atoms with van der Waals surface area (Å²) in [5, 5.41) is 3.19. The third-order valence-corrected chi connectivity index (χ3v) is 5.36. The number of benzene rings is 1. The number of ether oxygens (including phenoxy) is 3. The van der Waals surface area contributed by atoms with Gasteiger partial charge >= 0.3 is 0 Å². The minimum Gasteiger partial charge on any atom is -0.497 e. The number of methoxy groups -OCH3 is 1. The van der Waals surface area contributed by atoms with Gasteiger partial charge in [0, 0.05) is 44.9 Å². The number of nitrogens with one attached hydrogen (secondary N) is 1. The van der Waals surface area contributed by atoms with Gasteiger partial charge in [0.1, 0.15) is 5.75 Å². The number of rotatable bonds is 6. The lowest BCUT2D eigenvalue weighted by molar-refractivity contribution is -0.181. The summed E-state index contributed by atoms with van der Waals surface area (Å²) in [6.07, 6.45) is 5.38. The summed E-state index contributed by atoms with van der Waals surface area (Å²) in [6.45, 7) is 3.18. The Bertz CT molecular complexity index is 827. The highest BCUT2D eigenvalue weighted by Gasteiger charge is 2.40. The highest BCUT2D eigenvalue weighted by Crippen LogP contribution is 2.31. The lowest BCUT2D eigenvalue weighted by Gasteiger charge is -2.37. The van der Waals surface area contributed by atoms with Crippen molar-refractivity contribution in [1.29, 1.82) is 0 Å². The molecule has 4 rings (SSSR count). The van der Waals surface area contributed by atoms with E-state index in [1.807, 2.05) is 23.1 Å². The fourth-order valence-electron chi connectivity index (χ4n) is 3.70. The van der Waals surface area contributed by atoms with Gasteiger partial charge in [-0.25, -0.2) is 9.97 Å². The molecular weight excluding hydrogens is 372 g/mol. The highest BCUT2D eigenvalue weighted by molar-refractivity contribution is 5.93. The quantitative estimate of drug-likeness (QED) is 0.798. The molecule has 1 aromatic carbocycles. The van der Waals surface area contributed by atoms with Crippen LogP contribution in [0.1, 0.15) is 28.8 Å². The molecule has 1 amide bonds. The smallest absolute Gasteiger partial charge is 0.256 e. The van der Waals surface area contributed by atoms with E-state index in [2.05, 4.69) is 21.4 Å². The third-order valence-electron chi connectivity index (χ3n) is 5.36. The minimum absolute atomic E-state index is 0.0548. The first-order valence-electron chi connectivity index (χ1n) is 9.93. The molecule has 0 saturated carbocycles. The lowest BCUT2D eigenvalue weighted by Crippen LogP contribution is -2.47. The van der Waals surface area contributed by atoms with Crippen LogP contribution in [0.3, 0.4) is 0 Å². The van der Waals surface area contributed by atoms with Crippen molar-refractivity contribution >= 4 is 11.9 Å². The number of likely N-dealkylation sites (tertiary alicyclic amines) is 1. The van der Waals surface area contributed by atoms with Crippen LogP contribution in [0.15, 0.2) is 36.7 Å². The van der Waals surface area contributed by atoms with Gasteiger partial charge in [-0.15, -0.1) is 0 Å². The molecule has 2 aliphatic rings. The summed E-state index contributed by atoms with van der Waals surface area (Å²) >= 11 is 0. The molecule has 0 radical (unpaired) electrons. The Morgan fingerprint density at radius 3 is 2.62 bits per heavy atom. The van der Waals surface area contributed by atoms with Crippen molar-refractivity contribution < 1.29 is 19.0 Å². The van der Waals surface area contributed by atoms with E-state index in [0.29, 0.717) is 57.2 Å². The first-order chi connectivity index (χ1) is 14.2. The van der Waals surface area contributed by atoms with E-state index in [-0.39, 0.29) is 5.91 Å². The number of anilines is 1. The molecule has 0 bridgehead atoms. The lowest BCUT2D eigenvalue weighted by atomic mass is 10.0. The number of hydrogen-bond donors (Lipinski definition) is 1. The molecule has 0 aliphatic carbocycles. The molecule has 3 heterocycles. The monoisotopic (exact) mass is 398 g/mol. The van der Waals surface area contributed by atoms with Crippen molar-refractivity contribution in [3.63, 3.8) is 0 Å². The second kappa shape index (κ2) is 8.75. The van der Waals surface area contributed by atoms with E-state index in [1.54, 1.807) is 19.5 Å². The number of aromatic nitrogens is 2. The molecule has 1 N–H and O–H groups in total. The minimum atomic E-state index is -0.482. The maximum atomic E-state index is 12.7. The van der Waals surface area contributed by atoms with Crippen molar-refractivity contribution in [3.05, 3.63) is 47.8 Å². The van der Waals surface area contributed by atoms with Gasteiger partial charge in [0.2, 0.25) is 5.95 Å². The van der Waals surface area contributed by atoms with Crippen LogP contribution in [0.2, 0.25) is 0 Å². The van der Waals surface area contributed by atoms with Gasteiger partial charge in [0.25, 0.3) is 5.91 Å². The zero-order valence-electron chi connectivity index (χ0n) is 16.6. The molecule has 2 aliphatic heterocycles. The number of carbonyl (C=O) groups excluding carboxylic acids is 1. The van der Waals surface area contributed by atoms with Crippen LogP contribution >= 0.6 is 0 Å². The Balaban J connectivity index is 1.27. The molecule has 29 heavy (non-hydrogen) atoms. The molecule has 0 atom stereocenters. The van der Waals surface area contributed by atoms with Gasteiger partial charge in [-0.2, -0.15) is 0 Å². The SMILES string of the molecule is COc1cccc(CCNc2ncc(C(=O)N3CCC4(CC3)OCCO4)cn2)c1. The summed E-state index contributed by atoms with van der Waals surface area (Å²) in [5.41, 5.74) is 1.66. The number of piperidine rings is 1. The van der Waals surface area contributed by atoms with Crippen molar-refractivity contribution in [2.45, 2.75) is 25.0 Å². The first kappa shape index (κ1) is 19.6. The van der Waals surface area contributed by atoms with E-state index in [0.717, 1.165) is 12.2 Å². The molecular formula is C21H26N4O4. The average Bonchev–Trinajstić information content (AvgIpc) is 3.22. The van der Waals surface area contributed by atoms with Crippen LogP contribution in [0.5, 0.6) is 5.75 Å². The van der Waals surface area contributed by atoms with Gasteiger partial charge < -0.3 is 24.4 Å². The Morgan fingerprint density at radius 1 is 1.21 bits per heavy atom. The van der Waals surface area contributed by atoms with Crippen LogP contribution in [0.4, 0.5) is 5.95 Å². The Hall–Kier alpha value is -2.71. The van der Waals surface area contributed by atoms with Crippen LogP contribution in [0, 0.1) is 0 Å². The molecule has 154 valence electrons. The second-order valence-corrected chi connectivity index (χ2v) is 7.22. The Kier molecular flexibility index (Phi) is 5.92. The topological polar surface area (TPSA) is 85.8 Å². The molecule has 2 aromatic rings. The van der Waals surface area contributed by atoms with E-state index in [4.69, 9.17) is 14.2 Å². The zero-order chi connectivity index (χ0) is 20.1. The van der Waals surface area contributed by atoms with Crippen LogP contribution < -0.4 is 10.1 Å². The van der Waals surface area contributed by atoms with E-state index in [1.165, 1.54) is 5.56 Å².